The maximum Gasteiger partial charge on any atom is 0.254 e. The summed E-state index contributed by atoms with van der Waals surface area (Å²) in [7, 11) is 0. The molecule has 1 fully saturated rings. The molecule has 0 aromatic heterocycles. The summed E-state index contributed by atoms with van der Waals surface area (Å²) in [5, 5.41) is 7.62. The molecule has 0 radical (unpaired) electrons. The van der Waals surface area contributed by atoms with Gasteiger partial charge in [-0.2, -0.15) is 0 Å². The Labute approximate surface area is 194 Å². The van der Waals surface area contributed by atoms with E-state index in [1.165, 1.54) is 0 Å². The Morgan fingerprint density at radius 1 is 0.970 bits per heavy atom. The second-order valence-electron chi connectivity index (χ2n) is 8.55. The lowest BCUT2D eigenvalue weighted by Crippen LogP contribution is -2.50. The molecule has 170 valence electrons. The molecule has 0 bridgehead atoms. The molecule has 1 heterocycles. The second kappa shape index (κ2) is 10.3. The highest BCUT2D eigenvalue weighted by atomic mass is 16.2. The average Bonchev–Trinajstić information content (AvgIpc) is 2.87. The topological polar surface area (TPSA) is 78.5 Å². The number of carbonyl (C=O) groups is 3. The first-order valence-electron chi connectivity index (χ1n) is 11.4. The van der Waals surface area contributed by atoms with E-state index in [-0.39, 0.29) is 23.6 Å². The number of nitrogens with one attached hydrogen (secondary N) is 2. The van der Waals surface area contributed by atoms with Gasteiger partial charge in [0.25, 0.3) is 5.91 Å². The van der Waals surface area contributed by atoms with Gasteiger partial charge in [0.15, 0.2) is 0 Å². The van der Waals surface area contributed by atoms with Gasteiger partial charge in [0.2, 0.25) is 11.8 Å². The van der Waals surface area contributed by atoms with Crippen LogP contribution in [0.5, 0.6) is 0 Å². The summed E-state index contributed by atoms with van der Waals surface area (Å²) in [4.78, 5) is 40.3. The van der Waals surface area contributed by atoms with E-state index in [0.717, 1.165) is 22.8 Å². The molecule has 33 heavy (non-hydrogen) atoms. The quantitative estimate of drug-likeness (QED) is 0.612. The summed E-state index contributed by atoms with van der Waals surface area (Å²) in [6, 6.07) is 22.5. The second-order valence-corrected chi connectivity index (χ2v) is 8.55. The maximum absolute atomic E-state index is 13.3. The van der Waals surface area contributed by atoms with Crippen molar-refractivity contribution in [3.8, 4) is 0 Å². The molecule has 0 aliphatic carbocycles. The molecular weight excluding hydrogens is 414 g/mol. The molecule has 1 aliphatic heterocycles. The number of benzene rings is 3. The van der Waals surface area contributed by atoms with Crippen LogP contribution >= 0.6 is 0 Å². The van der Waals surface area contributed by atoms with E-state index in [1.807, 2.05) is 72.8 Å². The Kier molecular flexibility index (Phi) is 7.03. The molecule has 2 N–H and O–H groups in total. The van der Waals surface area contributed by atoms with Crippen LogP contribution in [-0.2, 0) is 16.1 Å². The number of piperidine rings is 1. The third kappa shape index (κ3) is 5.40. The zero-order chi connectivity index (χ0) is 23.2. The van der Waals surface area contributed by atoms with Crippen LogP contribution in [0.15, 0.2) is 72.8 Å². The van der Waals surface area contributed by atoms with Gasteiger partial charge in [-0.1, -0.05) is 66.7 Å². The number of rotatable bonds is 6. The molecule has 6 heteroatoms. The predicted octanol–water partition coefficient (Wildman–Crippen LogP) is 3.51. The van der Waals surface area contributed by atoms with Gasteiger partial charge in [-0.15, -0.1) is 0 Å². The van der Waals surface area contributed by atoms with Gasteiger partial charge in [-0.25, -0.2) is 0 Å². The van der Waals surface area contributed by atoms with Gasteiger partial charge in [0.05, 0.1) is 5.92 Å². The van der Waals surface area contributed by atoms with Crippen LogP contribution in [0, 0.1) is 5.92 Å². The van der Waals surface area contributed by atoms with E-state index in [1.54, 1.807) is 11.8 Å². The maximum atomic E-state index is 13.3. The van der Waals surface area contributed by atoms with Gasteiger partial charge in [0, 0.05) is 25.2 Å². The molecule has 3 aromatic rings. The van der Waals surface area contributed by atoms with E-state index in [9.17, 15) is 14.4 Å². The fourth-order valence-corrected chi connectivity index (χ4v) is 4.29. The first-order valence-corrected chi connectivity index (χ1v) is 11.4. The summed E-state index contributed by atoms with van der Waals surface area (Å²) >= 11 is 0. The third-order valence-electron chi connectivity index (χ3n) is 6.16. The third-order valence-corrected chi connectivity index (χ3v) is 6.16. The van der Waals surface area contributed by atoms with E-state index in [4.69, 9.17) is 0 Å². The first kappa shape index (κ1) is 22.5. The number of hydrogen-bond donors (Lipinski definition) is 2. The minimum Gasteiger partial charge on any atom is -0.350 e. The van der Waals surface area contributed by atoms with Crippen LogP contribution in [0.3, 0.4) is 0 Å². The van der Waals surface area contributed by atoms with Crippen LogP contribution in [0.1, 0.15) is 35.7 Å². The summed E-state index contributed by atoms with van der Waals surface area (Å²) in [6.07, 6.45) is 1.45. The smallest absolute Gasteiger partial charge is 0.254 e. The summed E-state index contributed by atoms with van der Waals surface area (Å²) < 4.78 is 0. The molecule has 3 amide bonds. The van der Waals surface area contributed by atoms with Gasteiger partial charge < -0.3 is 15.5 Å². The van der Waals surface area contributed by atoms with Gasteiger partial charge >= 0.3 is 0 Å². The van der Waals surface area contributed by atoms with Gasteiger partial charge in [-0.3, -0.25) is 14.4 Å². The minimum atomic E-state index is -0.648. The van der Waals surface area contributed by atoms with Crippen molar-refractivity contribution in [2.45, 2.75) is 32.4 Å². The average molecular weight is 444 g/mol. The van der Waals surface area contributed by atoms with Crippen LogP contribution in [0.2, 0.25) is 0 Å². The number of amides is 3. The number of fused-ring (bicyclic) bond motifs is 1. The van der Waals surface area contributed by atoms with Crippen LogP contribution in [0.25, 0.3) is 10.8 Å². The predicted molar refractivity (Wildman–Crippen MR) is 128 cm³/mol. The van der Waals surface area contributed by atoms with Crippen LogP contribution in [0.4, 0.5) is 0 Å². The molecule has 4 rings (SSSR count). The lowest BCUT2D eigenvalue weighted by atomic mass is 9.95. The fraction of sp³-hybridized carbons (Fsp3) is 0.296. The van der Waals surface area contributed by atoms with Gasteiger partial charge in [0.1, 0.15) is 6.04 Å². The summed E-state index contributed by atoms with van der Waals surface area (Å²) in [6.45, 7) is 3.07. The van der Waals surface area contributed by atoms with Crippen LogP contribution in [-0.4, -0.2) is 41.8 Å². The van der Waals surface area contributed by atoms with E-state index in [0.29, 0.717) is 31.6 Å². The Morgan fingerprint density at radius 3 is 2.52 bits per heavy atom. The van der Waals surface area contributed by atoms with Crippen molar-refractivity contribution in [2.24, 2.45) is 5.92 Å². The largest absolute Gasteiger partial charge is 0.350 e. The van der Waals surface area contributed by atoms with Crippen molar-refractivity contribution in [3.63, 3.8) is 0 Å². The molecule has 1 aliphatic rings. The van der Waals surface area contributed by atoms with Crippen molar-refractivity contribution < 1.29 is 14.4 Å². The highest BCUT2D eigenvalue weighted by Crippen LogP contribution is 2.23. The molecule has 1 saturated heterocycles. The summed E-state index contributed by atoms with van der Waals surface area (Å²) in [5.74, 6) is -0.806. The zero-order valence-corrected chi connectivity index (χ0v) is 18.8. The standard InChI is InChI=1S/C27H29N3O3/c1-19(25(31)28-17-20-9-3-2-4-10-20)29-26(32)22-13-8-16-30(18-22)27(33)24-15-7-12-21-11-5-6-14-23(21)24/h2-7,9-12,14-15,19,22H,8,13,16-18H2,1H3,(H,28,31)(H,29,32). The van der Waals surface area contributed by atoms with Crippen molar-refractivity contribution in [2.75, 3.05) is 13.1 Å². The molecule has 2 atom stereocenters. The van der Waals surface area contributed by atoms with Crippen molar-refractivity contribution in [1.29, 1.82) is 0 Å². The fourth-order valence-electron chi connectivity index (χ4n) is 4.29. The molecule has 0 spiro atoms. The van der Waals surface area contributed by atoms with Crippen molar-refractivity contribution in [1.82, 2.24) is 15.5 Å². The van der Waals surface area contributed by atoms with Crippen LogP contribution < -0.4 is 10.6 Å². The Balaban J connectivity index is 1.35. The Morgan fingerprint density at radius 2 is 1.70 bits per heavy atom. The first-order chi connectivity index (χ1) is 16.0. The minimum absolute atomic E-state index is 0.0575. The zero-order valence-electron chi connectivity index (χ0n) is 18.8. The molecular formula is C27H29N3O3. The molecule has 0 saturated carbocycles. The summed E-state index contributed by atoms with van der Waals surface area (Å²) in [5.41, 5.74) is 1.65. The highest BCUT2D eigenvalue weighted by molar-refractivity contribution is 6.07. The van der Waals surface area contributed by atoms with E-state index in [2.05, 4.69) is 10.6 Å². The SMILES string of the molecule is CC(NC(=O)C1CCCN(C(=O)c2cccc3ccccc23)C1)C(=O)NCc1ccccc1. The number of nitrogens with zero attached hydrogens (tertiary/aromatic N) is 1. The number of hydrogen-bond acceptors (Lipinski definition) is 3. The molecule has 2 unspecified atom stereocenters. The van der Waals surface area contributed by atoms with Crippen molar-refractivity contribution >= 4 is 28.5 Å². The number of carbonyl (C=O) groups excluding carboxylic acids is 3. The molecule has 3 aromatic carbocycles. The molecule has 6 nitrogen and oxygen atoms in total. The Bertz CT molecular complexity index is 1140. The van der Waals surface area contributed by atoms with Crippen molar-refractivity contribution in [3.05, 3.63) is 83.9 Å². The lowest BCUT2D eigenvalue weighted by molar-refractivity contribution is -0.131. The lowest BCUT2D eigenvalue weighted by Gasteiger charge is -2.33. The van der Waals surface area contributed by atoms with Gasteiger partial charge in [-0.05, 0) is 42.2 Å². The van der Waals surface area contributed by atoms with E-state index >= 15 is 0 Å². The number of likely N-dealkylation sites (tertiary alicyclic amines) is 1. The highest BCUT2D eigenvalue weighted by Gasteiger charge is 2.30. The normalized spacial score (nSPS) is 16.8. The Hall–Kier alpha value is -3.67. The monoisotopic (exact) mass is 443 g/mol. The van der Waals surface area contributed by atoms with E-state index < -0.39 is 6.04 Å².